The first-order valence-corrected chi connectivity index (χ1v) is 11.6. The van der Waals surface area contributed by atoms with Gasteiger partial charge in [0.25, 0.3) is 11.6 Å². The van der Waals surface area contributed by atoms with Gasteiger partial charge in [-0.15, -0.1) is 0 Å². The fourth-order valence-corrected chi connectivity index (χ4v) is 3.67. The molecule has 1 amide bonds. The van der Waals surface area contributed by atoms with E-state index in [9.17, 15) is 20.2 Å². The Morgan fingerprint density at radius 1 is 1.21 bits per heavy atom. The van der Waals surface area contributed by atoms with Gasteiger partial charge in [0.15, 0.2) is 11.5 Å². The molecule has 34 heavy (non-hydrogen) atoms. The van der Waals surface area contributed by atoms with Crippen molar-refractivity contribution in [3.8, 4) is 17.6 Å². The summed E-state index contributed by atoms with van der Waals surface area (Å²) in [6, 6.07) is 18.6. The Morgan fingerprint density at radius 3 is 2.59 bits per heavy atom. The largest absolute Gasteiger partial charge is 0.493 e. The predicted octanol–water partition coefficient (Wildman–Crippen LogP) is 6.10. The molecule has 10 heteroatoms. The average Bonchev–Trinajstić information content (AvgIpc) is 2.83. The molecule has 0 unspecified atom stereocenters. The van der Waals surface area contributed by atoms with Crippen LogP contribution in [-0.4, -0.2) is 17.9 Å². The summed E-state index contributed by atoms with van der Waals surface area (Å²) in [6.45, 7) is 0.337. The van der Waals surface area contributed by atoms with Gasteiger partial charge in [0.05, 0.1) is 12.0 Å². The lowest BCUT2D eigenvalue weighted by molar-refractivity contribution is -0.384. The number of methoxy groups -OCH3 is 1. The number of nitrogens with one attached hydrogen (secondary N) is 1. The van der Waals surface area contributed by atoms with Gasteiger partial charge in [0.1, 0.15) is 18.2 Å². The lowest BCUT2D eigenvalue weighted by Crippen LogP contribution is -2.13. The number of non-ortho nitro benzene ring substituents is 1. The number of nitro groups is 1. The third-order valence-electron chi connectivity index (χ3n) is 4.57. The van der Waals surface area contributed by atoms with Gasteiger partial charge in [0.2, 0.25) is 0 Å². The molecule has 0 radical (unpaired) electrons. The zero-order valence-corrected chi connectivity index (χ0v) is 21.5. The molecule has 0 aliphatic carbocycles. The molecule has 3 aromatic carbocycles. The highest BCUT2D eigenvalue weighted by atomic mass is 127. The van der Waals surface area contributed by atoms with Gasteiger partial charge < -0.3 is 14.8 Å². The molecule has 0 bridgehead atoms. The van der Waals surface area contributed by atoms with E-state index in [1.54, 1.807) is 12.1 Å². The Kier molecular flexibility index (Phi) is 8.61. The molecule has 3 rings (SSSR count). The lowest BCUT2D eigenvalue weighted by atomic mass is 10.1. The molecule has 0 aliphatic rings. The maximum atomic E-state index is 12.6. The van der Waals surface area contributed by atoms with Crippen molar-refractivity contribution in [2.45, 2.75) is 6.61 Å². The molecule has 0 heterocycles. The topological polar surface area (TPSA) is 114 Å². The summed E-state index contributed by atoms with van der Waals surface area (Å²) in [5.74, 6) is 0.217. The van der Waals surface area contributed by atoms with Crippen molar-refractivity contribution < 1.29 is 19.2 Å². The number of hydrogen-bond donors (Lipinski definition) is 1. The first kappa shape index (κ1) is 25.2. The Bertz CT molecular complexity index is 1300. The van der Waals surface area contributed by atoms with Gasteiger partial charge in [-0.3, -0.25) is 14.9 Å². The summed E-state index contributed by atoms with van der Waals surface area (Å²) < 4.78 is 13.0. The Morgan fingerprint density at radius 2 is 1.94 bits per heavy atom. The van der Waals surface area contributed by atoms with Crippen LogP contribution in [0.2, 0.25) is 0 Å². The van der Waals surface area contributed by atoms with Crippen LogP contribution in [0.5, 0.6) is 11.5 Å². The summed E-state index contributed by atoms with van der Waals surface area (Å²) in [4.78, 5) is 23.0. The van der Waals surface area contributed by atoms with Crippen LogP contribution < -0.4 is 14.8 Å². The van der Waals surface area contributed by atoms with Crippen molar-refractivity contribution in [2.75, 3.05) is 12.4 Å². The highest BCUT2D eigenvalue weighted by Gasteiger charge is 2.15. The number of carbonyl (C=O) groups is 1. The lowest BCUT2D eigenvalue weighted by Gasteiger charge is -2.13. The Labute approximate surface area is 217 Å². The second-order valence-electron chi connectivity index (χ2n) is 6.87. The SMILES string of the molecule is COc1cc(/C=C(\C#N)C(=O)Nc2cccc([N+](=O)[O-])c2)c(Br)cc1OCc1ccc(I)cc1. The van der Waals surface area contributed by atoms with Gasteiger partial charge >= 0.3 is 0 Å². The highest BCUT2D eigenvalue weighted by molar-refractivity contribution is 14.1. The quantitative estimate of drug-likeness (QED) is 0.105. The maximum Gasteiger partial charge on any atom is 0.271 e. The number of nitriles is 1. The number of carbonyl (C=O) groups excluding carboxylic acids is 1. The van der Waals surface area contributed by atoms with Gasteiger partial charge in [-0.2, -0.15) is 5.26 Å². The van der Waals surface area contributed by atoms with Crippen molar-refractivity contribution >= 4 is 61.9 Å². The predicted molar refractivity (Wildman–Crippen MR) is 140 cm³/mol. The van der Waals surface area contributed by atoms with E-state index >= 15 is 0 Å². The van der Waals surface area contributed by atoms with Crippen LogP contribution in [0.15, 0.2) is 70.7 Å². The smallest absolute Gasteiger partial charge is 0.271 e. The minimum atomic E-state index is -0.701. The first-order valence-electron chi connectivity index (χ1n) is 9.73. The fourth-order valence-electron chi connectivity index (χ4n) is 2.88. The van der Waals surface area contributed by atoms with Crippen molar-refractivity contribution in [1.82, 2.24) is 0 Å². The van der Waals surface area contributed by atoms with E-state index in [1.165, 1.54) is 37.5 Å². The third-order valence-corrected chi connectivity index (χ3v) is 5.98. The van der Waals surface area contributed by atoms with Crippen LogP contribution in [-0.2, 0) is 11.4 Å². The first-order chi connectivity index (χ1) is 16.3. The molecule has 1 N–H and O–H groups in total. The second-order valence-corrected chi connectivity index (χ2v) is 8.97. The zero-order chi connectivity index (χ0) is 24.7. The molecule has 3 aromatic rings. The molecule has 172 valence electrons. The Balaban J connectivity index is 1.81. The number of rotatable bonds is 8. The van der Waals surface area contributed by atoms with Crippen molar-refractivity contribution in [3.63, 3.8) is 0 Å². The van der Waals surface area contributed by atoms with Crippen molar-refractivity contribution in [3.05, 3.63) is 95.5 Å². The standard InChI is InChI=1S/C24H17BrIN3O5/c1-33-22-10-16(21(25)12-23(22)34-14-15-5-7-18(26)8-6-15)9-17(13-27)24(30)28-19-3-2-4-20(11-19)29(31)32/h2-12H,14H2,1H3,(H,28,30)/b17-9+. The monoisotopic (exact) mass is 633 g/mol. The van der Waals surface area contributed by atoms with E-state index in [0.717, 1.165) is 9.13 Å². The average molecular weight is 634 g/mol. The fraction of sp³-hybridized carbons (Fsp3) is 0.0833. The number of nitrogens with zero attached hydrogens (tertiary/aromatic N) is 2. The molecule has 0 aliphatic heterocycles. The molecule has 0 saturated heterocycles. The van der Waals surface area contributed by atoms with Gasteiger partial charge in [-0.25, -0.2) is 0 Å². The summed E-state index contributed by atoms with van der Waals surface area (Å²) in [6.07, 6.45) is 1.39. The minimum absolute atomic E-state index is 0.173. The van der Waals surface area contributed by atoms with E-state index in [-0.39, 0.29) is 16.9 Å². The normalized spacial score (nSPS) is 10.8. The van der Waals surface area contributed by atoms with E-state index in [4.69, 9.17) is 9.47 Å². The van der Waals surface area contributed by atoms with Crippen LogP contribution >= 0.6 is 38.5 Å². The number of anilines is 1. The molecular formula is C24H17BrIN3O5. The van der Waals surface area contributed by atoms with Crippen LogP contribution in [0.4, 0.5) is 11.4 Å². The number of amides is 1. The van der Waals surface area contributed by atoms with Crippen molar-refractivity contribution in [2.24, 2.45) is 0 Å². The van der Waals surface area contributed by atoms with Crippen LogP contribution in [0, 0.1) is 25.0 Å². The molecular weight excluding hydrogens is 617 g/mol. The summed E-state index contributed by atoms with van der Waals surface area (Å²) >= 11 is 5.68. The van der Waals surface area contributed by atoms with E-state index < -0.39 is 10.8 Å². The van der Waals surface area contributed by atoms with Crippen molar-refractivity contribution in [1.29, 1.82) is 5.26 Å². The summed E-state index contributed by atoms with van der Waals surface area (Å²) in [5.41, 5.74) is 1.35. The second kappa shape index (κ2) is 11.6. The van der Waals surface area contributed by atoms with E-state index in [0.29, 0.717) is 28.1 Å². The number of halogens is 2. The summed E-state index contributed by atoms with van der Waals surface area (Å²) in [5, 5.41) is 23.0. The molecule has 0 atom stereocenters. The third kappa shape index (κ3) is 6.55. The molecule has 0 aromatic heterocycles. The zero-order valence-electron chi connectivity index (χ0n) is 17.7. The molecule has 0 fully saturated rings. The molecule has 0 spiro atoms. The van der Waals surface area contributed by atoms with Gasteiger partial charge in [-0.1, -0.05) is 34.1 Å². The molecule has 0 saturated carbocycles. The highest BCUT2D eigenvalue weighted by Crippen LogP contribution is 2.35. The number of ether oxygens (including phenoxy) is 2. The van der Waals surface area contributed by atoms with E-state index in [2.05, 4.69) is 43.8 Å². The van der Waals surface area contributed by atoms with E-state index in [1.807, 2.05) is 30.3 Å². The Hall–Kier alpha value is -3.43. The maximum absolute atomic E-state index is 12.6. The summed E-state index contributed by atoms with van der Waals surface area (Å²) in [7, 11) is 1.49. The van der Waals surface area contributed by atoms with Gasteiger partial charge in [-0.05, 0) is 70.1 Å². The number of benzene rings is 3. The molecule has 8 nitrogen and oxygen atoms in total. The number of hydrogen-bond acceptors (Lipinski definition) is 6. The van der Waals surface area contributed by atoms with Crippen LogP contribution in [0.3, 0.4) is 0 Å². The van der Waals surface area contributed by atoms with Crippen LogP contribution in [0.1, 0.15) is 11.1 Å². The van der Waals surface area contributed by atoms with Gasteiger partial charge in [0, 0.05) is 25.9 Å². The number of nitro benzene ring substituents is 1. The minimum Gasteiger partial charge on any atom is -0.493 e. The van der Waals surface area contributed by atoms with Crippen LogP contribution in [0.25, 0.3) is 6.08 Å².